The summed E-state index contributed by atoms with van der Waals surface area (Å²) in [7, 11) is 0. The first-order chi connectivity index (χ1) is 13.6. The van der Waals surface area contributed by atoms with E-state index >= 15 is 0 Å². The number of hydrogen-bond donors (Lipinski definition) is 1. The predicted octanol–water partition coefficient (Wildman–Crippen LogP) is 4.14. The Hall–Kier alpha value is -2.17. The van der Waals surface area contributed by atoms with E-state index in [1.807, 2.05) is 26.0 Å². The molecule has 1 amide bonds. The molecule has 0 aliphatic carbocycles. The molecule has 0 spiro atoms. The molecule has 1 aliphatic rings. The van der Waals surface area contributed by atoms with E-state index in [0.717, 1.165) is 43.6 Å². The van der Waals surface area contributed by atoms with Gasteiger partial charge in [-0.05, 0) is 49.9 Å². The van der Waals surface area contributed by atoms with Gasteiger partial charge in [-0.2, -0.15) is 0 Å². The maximum Gasteiger partial charge on any atom is 0.224 e. The quantitative estimate of drug-likeness (QED) is 0.748. The van der Waals surface area contributed by atoms with Crippen LogP contribution in [0.25, 0.3) is 0 Å². The number of amides is 1. The van der Waals surface area contributed by atoms with Gasteiger partial charge in [0.15, 0.2) is 0 Å². The van der Waals surface area contributed by atoms with E-state index in [-0.39, 0.29) is 17.9 Å². The highest BCUT2D eigenvalue weighted by molar-refractivity contribution is 5.79. The molecule has 4 nitrogen and oxygen atoms in total. The Morgan fingerprint density at radius 1 is 1.11 bits per heavy atom. The van der Waals surface area contributed by atoms with E-state index in [4.69, 9.17) is 4.74 Å². The summed E-state index contributed by atoms with van der Waals surface area (Å²) in [5.41, 5.74) is 3.58. The van der Waals surface area contributed by atoms with Gasteiger partial charge in [-0.15, -0.1) is 0 Å². The summed E-state index contributed by atoms with van der Waals surface area (Å²) in [6.07, 6.45) is 2.26. The number of rotatable bonds is 8. The second-order valence-electron chi connectivity index (χ2n) is 7.96. The lowest BCUT2D eigenvalue weighted by Crippen LogP contribution is -2.42. The van der Waals surface area contributed by atoms with Gasteiger partial charge in [-0.1, -0.05) is 54.6 Å². The van der Waals surface area contributed by atoms with Gasteiger partial charge in [0.2, 0.25) is 5.91 Å². The van der Waals surface area contributed by atoms with E-state index in [9.17, 15) is 4.79 Å². The molecule has 1 unspecified atom stereocenters. The zero-order chi connectivity index (χ0) is 19.8. The molecule has 150 valence electrons. The molecule has 1 fully saturated rings. The number of nitrogens with one attached hydrogen (secondary N) is 1. The zero-order valence-corrected chi connectivity index (χ0v) is 17.1. The third-order valence-electron chi connectivity index (χ3n) is 5.17. The first kappa shape index (κ1) is 20.6. The molecule has 1 atom stereocenters. The van der Waals surface area contributed by atoms with E-state index in [2.05, 4.69) is 52.7 Å². The van der Waals surface area contributed by atoms with E-state index < -0.39 is 0 Å². The van der Waals surface area contributed by atoms with Crippen LogP contribution in [0.15, 0.2) is 54.6 Å². The lowest BCUT2D eigenvalue weighted by Gasteiger charge is -2.32. The highest BCUT2D eigenvalue weighted by atomic mass is 16.5. The Morgan fingerprint density at radius 2 is 1.86 bits per heavy atom. The molecule has 4 heteroatoms. The Bertz CT molecular complexity index is 745. The van der Waals surface area contributed by atoms with Crippen LogP contribution in [0.1, 0.15) is 43.4 Å². The van der Waals surface area contributed by atoms with Gasteiger partial charge in [-0.25, -0.2) is 0 Å². The summed E-state index contributed by atoms with van der Waals surface area (Å²) >= 11 is 0. The smallest absolute Gasteiger partial charge is 0.224 e. The fourth-order valence-corrected chi connectivity index (χ4v) is 3.68. The first-order valence-corrected chi connectivity index (χ1v) is 10.3. The molecule has 1 N–H and O–H groups in total. The van der Waals surface area contributed by atoms with Crippen molar-refractivity contribution in [1.82, 2.24) is 10.2 Å². The van der Waals surface area contributed by atoms with Crippen LogP contribution in [-0.2, 0) is 29.2 Å². The molecule has 1 saturated heterocycles. The maximum atomic E-state index is 12.7. The van der Waals surface area contributed by atoms with Crippen LogP contribution in [0.5, 0.6) is 0 Å². The zero-order valence-electron chi connectivity index (χ0n) is 17.1. The van der Waals surface area contributed by atoms with E-state index in [1.165, 1.54) is 5.56 Å². The number of piperidine rings is 1. The molecule has 0 aromatic heterocycles. The predicted molar refractivity (Wildman–Crippen MR) is 113 cm³/mol. The molecule has 1 heterocycles. The van der Waals surface area contributed by atoms with Crippen molar-refractivity contribution >= 4 is 5.91 Å². The van der Waals surface area contributed by atoms with Crippen LogP contribution in [0, 0.1) is 5.92 Å². The fraction of sp³-hybridized carbons (Fsp3) is 0.458. The van der Waals surface area contributed by atoms with Crippen molar-refractivity contribution in [3.05, 3.63) is 71.3 Å². The number of likely N-dealkylation sites (tertiary alicyclic amines) is 1. The third kappa shape index (κ3) is 6.47. The van der Waals surface area contributed by atoms with Crippen LogP contribution < -0.4 is 5.32 Å². The monoisotopic (exact) mass is 380 g/mol. The number of nitrogens with zero attached hydrogens (tertiary/aromatic N) is 1. The number of ether oxygens (including phenoxy) is 1. The molecule has 2 aromatic carbocycles. The van der Waals surface area contributed by atoms with Gasteiger partial charge >= 0.3 is 0 Å². The molecular weight excluding hydrogens is 348 g/mol. The summed E-state index contributed by atoms with van der Waals surface area (Å²) in [6, 6.07) is 18.8. The SMILES string of the molecule is CC(C)OCc1cccc(CNC(=O)C2CCCN(Cc3ccccc3)C2)c1. The topological polar surface area (TPSA) is 41.6 Å². The van der Waals surface area contributed by atoms with Crippen LogP contribution in [0.3, 0.4) is 0 Å². The average molecular weight is 381 g/mol. The Kier molecular flexibility index (Phi) is 7.63. The lowest BCUT2D eigenvalue weighted by atomic mass is 9.96. The normalized spacial score (nSPS) is 17.6. The number of benzene rings is 2. The van der Waals surface area contributed by atoms with Crippen molar-refractivity contribution in [3.8, 4) is 0 Å². The van der Waals surface area contributed by atoms with Crippen molar-refractivity contribution in [2.75, 3.05) is 13.1 Å². The second-order valence-corrected chi connectivity index (χ2v) is 7.96. The first-order valence-electron chi connectivity index (χ1n) is 10.3. The minimum atomic E-state index is 0.0740. The second kappa shape index (κ2) is 10.4. The molecule has 1 aliphatic heterocycles. The van der Waals surface area contributed by atoms with Crippen LogP contribution >= 0.6 is 0 Å². The van der Waals surface area contributed by atoms with Crippen LogP contribution in [0.2, 0.25) is 0 Å². The van der Waals surface area contributed by atoms with Crippen molar-refractivity contribution < 1.29 is 9.53 Å². The molecule has 0 saturated carbocycles. The van der Waals surface area contributed by atoms with Gasteiger partial charge in [0.1, 0.15) is 0 Å². The van der Waals surface area contributed by atoms with Crippen molar-refractivity contribution in [2.24, 2.45) is 5.92 Å². The van der Waals surface area contributed by atoms with Crippen LogP contribution in [-0.4, -0.2) is 30.0 Å². The maximum absolute atomic E-state index is 12.7. The molecule has 0 bridgehead atoms. The Labute approximate surface area is 168 Å². The molecule has 3 rings (SSSR count). The van der Waals surface area contributed by atoms with E-state index in [1.54, 1.807) is 0 Å². The molecule has 0 radical (unpaired) electrons. The van der Waals surface area contributed by atoms with Gasteiger partial charge < -0.3 is 10.1 Å². The minimum absolute atomic E-state index is 0.0740. The Balaban J connectivity index is 1.48. The standard InChI is InChI=1S/C24H32N2O2/c1-19(2)28-18-22-11-6-10-21(14-22)15-25-24(27)23-12-7-13-26(17-23)16-20-8-4-3-5-9-20/h3-6,8-11,14,19,23H,7,12-13,15-18H2,1-2H3,(H,25,27). The number of carbonyl (C=O) groups is 1. The number of hydrogen-bond acceptors (Lipinski definition) is 3. The van der Waals surface area contributed by atoms with Crippen molar-refractivity contribution in [3.63, 3.8) is 0 Å². The van der Waals surface area contributed by atoms with Crippen molar-refractivity contribution in [1.29, 1.82) is 0 Å². The van der Waals surface area contributed by atoms with Crippen molar-refractivity contribution in [2.45, 2.75) is 52.5 Å². The highest BCUT2D eigenvalue weighted by Crippen LogP contribution is 2.19. The third-order valence-corrected chi connectivity index (χ3v) is 5.17. The van der Waals surface area contributed by atoms with Gasteiger partial charge in [0.05, 0.1) is 18.6 Å². The van der Waals surface area contributed by atoms with Gasteiger partial charge in [0, 0.05) is 19.6 Å². The number of carbonyl (C=O) groups excluding carboxylic acids is 1. The minimum Gasteiger partial charge on any atom is -0.374 e. The lowest BCUT2D eigenvalue weighted by molar-refractivity contribution is -0.126. The molecule has 28 heavy (non-hydrogen) atoms. The largest absolute Gasteiger partial charge is 0.374 e. The molecule has 2 aromatic rings. The summed E-state index contributed by atoms with van der Waals surface area (Å²) < 4.78 is 5.67. The average Bonchev–Trinajstić information content (AvgIpc) is 2.72. The Morgan fingerprint density at radius 3 is 2.64 bits per heavy atom. The van der Waals surface area contributed by atoms with Crippen LogP contribution in [0.4, 0.5) is 0 Å². The summed E-state index contributed by atoms with van der Waals surface area (Å²) in [4.78, 5) is 15.1. The summed E-state index contributed by atoms with van der Waals surface area (Å²) in [6.45, 7) is 8.08. The summed E-state index contributed by atoms with van der Waals surface area (Å²) in [5, 5.41) is 3.14. The fourth-order valence-electron chi connectivity index (χ4n) is 3.68. The molecular formula is C24H32N2O2. The van der Waals surface area contributed by atoms with Gasteiger partial charge in [0.25, 0.3) is 0 Å². The highest BCUT2D eigenvalue weighted by Gasteiger charge is 2.25. The van der Waals surface area contributed by atoms with E-state index in [0.29, 0.717) is 13.2 Å². The summed E-state index contributed by atoms with van der Waals surface area (Å²) in [5.74, 6) is 0.242. The van der Waals surface area contributed by atoms with Gasteiger partial charge in [-0.3, -0.25) is 9.69 Å².